The van der Waals surface area contributed by atoms with Gasteiger partial charge in [0, 0.05) is 24.6 Å². The number of nitrogens with zero attached hydrogens (tertiary/aromatic N) is 3. The number of aryl methyl sites for hydroxylation is 1. The number of anilines is 1. The van der Waals surface area contributed by atoms with E-state index < -0.39 is 23.4 Å². The third-order valence-corrected chi connectivity index (χ3v) is 3.71. The Balaban J connectivity index is 2.14. The quantitative estimate of drug-likeness (QED) is 0.551. The molecular formula is C22H31N5O4. The molecule has 0 atom stereocenters. The van der Waals surface area contributed by atoms with Crippen LogP contribution < -0.4 is 10.6 Å². The Kier molecular flexibility index (Phi) is 7.43. The predicted octanol–water partition coefficient (Wildman–Crippen LogP) is 4.47. The smallest absolute Gasteiger partial charge is 0.437 e. The first kappa shape index (κ1) is 23.9. The molecule has 9 heteroatoms. The Morgan fingerprint density at radius 3 is 2.16 bits per heavy atom. The molecule has 1 heterocycles. The molecule has 0 saturated heterocycles. The maximum atomic E-state index is 12.2. The number of imidazole rings is 1. The molecule has 0 aliphatic rings. The highest BCUT2D eigenvalue weighted by Crippen LogP contribution is 2.13. The van der Waals surface area contributed by atoms with Crippen molar-refractivity contribution in [2.75, 3.05) is 5.32 Å². The lowest BCUT2D eigenvalue weighted by atomic mass is 10.2. The van der Waals surface area contributed by atoms with Crippen LogP contribution in [0.25, 0.3) is 0 Å². The van der Waals surface area contributed by atoms with Crippen molar-refractivity contribution in [3.05, 3.63) is 48.0 Å². The maximum Gasteiger partial charge on any atom is 0.437 e. The number of carbonyl (C=O) groups excluding carboxylic acids is 2. The summed E-state index contributed by atoms with van der Waals surface area (Å²) in [4.78, 5) is 32.4. The van der Waals surface area contributed by atoms with Gasteiger partial charge in [-0.25, -0.2) is 14.6 Å². The van der Waals surface area contributed by atoms with Gasteiger partial charge in [-0.1, -0.05) is 12.1 Å². The molecule has 31 heavy (non-hydrogen) atoms. The Morgan fingerprint density at radius 2 is 1.65 bits per heavy atom. The molecule has 0 spiro atoms. The van der Waals surface area contributed by atoms with E-state index in [1.54, 1.807) is 47.7 Å². The van der Waals surface area contributed by atoms with Crippen molar-refractivity contribution in [3.8, 4) is 0 Å². The zero-order valence-corrected chi connectivity index (χ0v) is 19.1. The van der Waals surface area contributed by atoms with Crippen LogP contribution in [0, 0.1) is 6.92 Å². The topological polar surface area (TPSA) is 107 Å². The molecule has 0 bridgehead atoms. The summed E-state index contributed by atoms with van der Waals surface area (Å²) in [6.45, 7) is 13.0. The number of amides is 2. The molecule has 0 aliphatic carbocycles. The minimum absolute atomic E-state index is 0.0956. The van der Waals surface area contributed by atoms with Crippen molar-refractivity contribution < 1.29 is 19.1 Å². The molecule has 2 amide bonds. The first-order valence-electron chi connectivity index (χ1n) is 9.96. The molecular weight excluding hydrogens is 398 g/mol. The van der Waals surface area contributed by atoms with Crippen LogP contribution in [-0.4, -0.2) is 38.9 Å². The number of nitrogens with one attached hydrogen (secondary N) is 2. The Labute approximate surface area is 182 Å². The van der Waals surface area contributed by atoms with E-state index in [2.05, 4.69) is 20.6 Å². The summed E-state index contributed by atoms with van der Waals surface area (Å²) in [6.07, 6.45) is 2.10. The number of carbonyl (C=O) groups is 2. The summed E-state index contributed by atoms with van der Waals surface area (Å²) in [5, 5.41) is 5.39. The third-order valence-electron chi connectivity index (χ3n) is 3.71. The van der Waals surface area contributed by atoms with Gasteiger partial charge in [0.25, 0.3) is 0 Å². The average molecular weight is 430 g/mol. The molecule has 1 aromatic heterocycles. The number of aromatic nitrogens is 2. The van der Waals surface area contributed by atoms with Gasteiger partial charge in [-0.2, -0.15) is 0 Å². The van der Waals surface area contributed by atoms with Crippen LogP contribution in [0.2, 0.25) is 0 Å². The number of ether oxygens (including phenoxy) is 2. The Morgan fingerprint density at radius 1 is 1.03 bits per heavy atom. The van der Waals surface area contributed by atoms with Crippen molar-refractivity contribution in [3.63, 3.8) is 0 Å². The first-order chi connectivity index (χ1) is 14.3. The number of benzene rings is 1. The standard InChI is InChI=1S/C22H31N5O4/c1-15-23-12-13-27(15)14-16-8-10-17(11-9-16)24-18(25-19(28)30-21(2,3)4)26-20(29)31-22(5,6)7/h8-13H,14H2,1-7H3,(H2,24,25,26,28,29). The predicted molar refractivity (Wildman–Crippen MR) is 119 cm³/mol. The fourth-order valence-corrected chi connectivity index (χ4v) is 2.46. The van der Waals surface area contributed by atoms with E-state index in [1.807, 2.05) is 42.0 Å². The summed E-state index contributed by atoms with van der Waals surface area (Å²) in [6, 6.07) is 7.51. The number of guanidine groups is 1. The van der Waals surface area contributed by atoms with Crippen LogP contribution in [-0.2, 0) is 16.0 Å². The molecule has 2 N–H and O–H groups in total. The highest BCUT2D eigenvalue weighted by atomic mass is 16.6. The molecule has 0 saturated carbocycles. The van der Waals surface area contributed by atoms with Crippen LogP contribution >= 0.6 is 0 Å². The maximum absolute atomic E-state index is 12.2. The van der Waals surface area contributed by atoms with Crippen molar-refractivity contribution in [1.82, 2.24) is 14.9 Å². The van der Waals surface area contributed by atoms with Gasteiger partial charge in [0.05, 0.1) is 0 Å². The molecule has 0 aliphatic heterocycles. The minimum atomic E-state index is -0.835. The second-order valence-electron chi connectivity index (χ2n) is 8.99. The van der Waals surface area contributed by atoms with Crippen molar-refractivity contribution in [2.45, 2.75) is 66.2 Å². The van der Waals surface area contributed by atoms with Gasteiger partial charge in [0.1, 0.15) is 17.0 Å². The minimum Gasteiger partial charge on any atom is -0.444 e. The molecule has 0 radical (unpaired) electrons. The van der Waals surface area contributed by atoms with Gasteiger partial charge in [-0.05, 0) is 66.2 Å². The SMILES string of the molecule is Cc1nccn1Cc1ccc(N/C(=N\C(=O)OC(C)(C)C)NC(=O)OC(C)(C)C)cc1. The van der Waals surface area contributed by atoms with E-state index in [-0.39, 0.29) is 5.96 Å². The van der Waals surface area contributed by atoms with Gasteiger partial charge in [0.15, 0.2) is 0 Å². The van der Waals surface area contributed by atoms with E-state index in [4.69, 9.17) is 9.47 Å². The van der Waals surface area contributed by atoms with E-state index in [1.165, 1.54) is 0 Å². The van der Waals surface area contributed by atoms with Gasteiger partial charge in [-0.15, -0.1) is 4.99 Å². The summed E-state index contributed by atoms with van der Waals surface area (Å²) in [7, 11) is 0. The highest BCUT2D eigenvalue weighted by molar-refractivity contribution is 6.06. The van der Waals surface area contributed by atoms with E-state index >= 15 is 0 Å². The number of hydrogen-bond donors (Lipinski definition) is 2. The summed E-state index contributed by atoms with van der Waals surface area (Å²) in [5.41, 5.74) is 0.278. The fraction of sp³-hybridized carbons (Fsp3) is 0.455. The van der Waals surface area contributed by atoms with Crippen LogP contribution in [0.4, 0.5) is 15.3 Å². The van der Waals surface area contributed by atoms with Crippen LogP contribution in [0.5, 0.6) is 0 Å². The lowest BCUT2D eigenvalue weighted by molar-refractivity contribution is 0.0562. The van der Waals surface area contributed by atoms with E-state index in [9.17, 15) is 9.59 Å². The van der Waals surface area contributed by atoms with Crippen LogP contribution in [0.3, 0.4) is 0 Å². The second-order valence-corrected chi connectivity index (χ2v) is 8.99. The molecule has 2 aromatic rings. The number of hydrogen-bond acceptors (Lipinski definition) is 5. The monoisotopic (exact) mass is 429 g/mol. The van der Waals surface area contributed by atoms with Gasteiger partial charge >= 0.3 is 12.2 Å². The highest BCUT2D eigenvalue weighted by Gasteiger charge is 2.20. The molecule has 2 rings (SSSR count). The van der Waals surface area contributed by atoms with Crippen molar-refractivity contribution >= 4 is 23.8 Å². The van der Waals surface area contributed by atoms with Crippen molar-refractivity contribution in [1.29, 1.82) is 0 Å². The fourth-order valence-electron chi connectivity index (χ4n) is 2.46. The first-order valence-corrected chi connectivity index (χ1v) is 9.96. The number of rotatable bonds is 3. The van der Waals surface area contributed by atoms with Gasteiger partial charge in [-0.3, -0.25) is 5.32 Å². The van der Waals surface area contributed by atoms with Crippen LogP contribution in [0.1, 0.15) is 52.9 Å². The largest absolute Gasteiger partial charge is 0.444 e. The zero-order chi connectivity index (χ0) is 23.2. The van der Waals surface area contributed by atoms with Crippen molar-refractivity contribution in [2.24, 2.45) is 4.99 Å². The second kappa shape index (κ2) is 9.63. The molecule has 0 fully saturated rings. The lowest BCUT2D eigenvalue weighted by Crippen LogP contribution is -2.40. The Bertz CT molecular complexity index is 934. The summed E-state index contributed by atoms with van der Waals surface area (Å²) >= 11 is 0. The summed E-state index contributed by atoms with van der Waals surface area (Å²) < 4.78 is 12.5. The third kappa shape index (κ3) is 8.90. The Hall–Kier alpha value is -3.36. The molecule has 0 unspecified atom stereocenters. The number of alkyl carbamates (subject to hydrolysis) is 1. The normalized spacial score (nSPS) is 12.3. The van der Waals surface area contributed by atoms with E-state index in [0.29, 0.717) is 12.2 Å². The molecule has 1 aromatic carbocycles. The van der Waals surface area contributed by atoms with Gasteiger partial charge in [0.2, 0.25) is 5.96 Å². The van der Waals surface area contributed by atoms with Gasteiger partial charge < -0.3 is 19.4 Å². The van der Waals surface area contributed by atoms with Crippen LogP contribution in [0.15, 0.2) is 41.7 Å². The lowest BCUT2D eigenvalue weighted by Gasteiger charge is -2.21. The molecule has 168 valence electrons. The summed E-state index contributed by atoms with van der Waals surface area (Å²) in [5.74, 6) is 0.831. The number of aliphatic imine (C=N–C) groups is 1. The molecule has 9 nitrogen and oxygen atoms in total. The zero-order valence-electron chi connectivity index (χ0n) is 19.1. The van der Waals surface area contributed by atoms with E-state index in [0.717, 1.165) is 11.4 Å². The average Bonchev–Trinajstić information content (AvgIpc) is 2.98.